The lowest BCUT2D eigenvalue weighted by Gasteiger charge is -2.41. The molecule has 19 heavy (non-hydrogen) atoms. The van der Waals surface area contributed by atoms with Crippen molar-refractivity contribution in [3.05, 3.63) is 0 Å². The fraction of sp³-hybridized carbons (Fsp3) is 0.846. The summed E-state index contributed by atoms with van der Waals surface area (Å²) in [6.45, 7) is 11.4. The summed E-state index contributed by atoms with van der Waals surface area (Å²) in [5, 5.41) is 8.95. The molecule has 0 aromatic carbocycles. The van der Waals surface area contributed by atoms with Gasteiger partial charge in [0.1, 0.15) is 6.54 Å². The molecule has 2 amide bonds. The first-order valence-electron chi connectivity index (χ1n) is 6.76. The average Bonchev–Trinajstić information content (AvgIpc) is 2.34. The predicted octanol–water partition coefficient (Wildman–Crippen LogP) is 0.929. The molecule has 1 aliphatic heterocycles. The molecule has 6 nitrogen and oxygen atoms in total. The number of amides is 2. The molecule has 0 atom stereocenters. The smallest absolute Gasteiger partial charge is 0.323 e. The molecule has 0 unspecified atom stereocenters. The van der Waals surface area contributed by atoms with Gasteiger partial charge in [-0.25, -0.2) is 4.79 Å². The number of hydrogen-bond donors (Lipinski definition) is 1. The Bertz CT molecular complexity index is 331. The number of carbonyl (C=O) groups is 2. The van der Waals surface area contributed by atoms with Crippen molar-refractivity contribution in [1.29, 1.82) is 0 Å². The average molecular weight is 271 g/mol. The molecule has 0 aromatic rings. The fourth-order valence-corrected chi connectivity index (χ4v) is 2.15. The predicted molar refractivity (Wildman–Crippen MR) is 73.2 cm³/mol. The quantitative estimate of drug-likeness (QED) is 0.829. The normalized spacial score (nSPS) is 17.4. The van der Waals surface area contributed by atoms with Crippen molar-refractivity contribution >= 4 is 12.0 Å². The van der Waals surface area contributed by atoms with Gasteiger partial charge in [0.2, 0.25) is 0 Å². The van der Waals surface area contributed by atoms with Crippen LogP contribution in [-0.2, 0) is 4.79 Å². The van der Waals surface area contributed by atoms with E-state index < -0.39 is 11.5 Å². The number of carboxylic acid groups (broad SMARTS) is 1. The van der Waals surface area contributed by atoms with Gasteiger partial charge in [-0.2, -0.15) is 0 Å². The molecule has 1 aliphatic rings. The van der Waals surface area contributed by atoms with Crippen LogP contribution in [0.4, 0.5) is 4.79 Å². The highest BCUT2D eigenvalue weighted by Gasteiger charge is 2.32. The van der Waals surface area contributed by atoms with Crippen molar-refractivity contribution in [1.82, 2.24) is 14.7 Å². The molecule has 0 aromatic heterocycles. The zero-order valence-electron chi connectivity index (χ0n) is 12.3. The van der Waals surface area contributed by atoms with Crippen molar-refractivity contribution < 1.29 is 14.7 Å². The maximum Gasteiger partial charge on any atom is 0.323 e. The van der Waals surface area contributed by atoms with Gasteiger partial charge in [0.25, 0.3) is 0 Å². The summed E-state index contributed by atoms with van der Waals surface area (Å²) in [5.74, 6) is -0.976. The van der Waals surface area contributed by atoms with Crippen LogP contribution in [-0.4, -0.2) is 76.6 Å². The number of likely N-dealkylation sites (N-methyl/N-ethyl adjacent to an activating group) is 1. The van der Waals surface area contributed by atoms with Crippen LogP contribution in [0, 0.1) is 0 Å². The summed E-state index contributed by atoms with van der Waals surface area (Å²) in [7, 11) is 0. The van der Waals surface area contributed by atoms with Gasteiger partial charge < -0.3 is 19.8 Å². The molecular formula is C13H25N3O3. The number of aliphatic carboxylic acids is 1. The SMILES string of the molecule is CCN1CCN(C(=O)N(CC(=O)O)C(C)(C)C)CC1. The van der Waals surface area contributed by atoms with E-state index in [0.29, 0.717) is 13.1 Å². The van der Waals surface area contributed by atoms with E-state index in [1.54, 1.807) is 4.90 Å². The van der Waals surface area contributed by atoms with Gasteiger partial charge in [0, 0.05) is 31.7 Å². The van der Waals surface area contributed by atoms with Crippen molar-refractivity contribution in [3.8, 4) is 0 Å². The summed E-state index contributed by atoms with van der Waals surface area (Å²) in [5.41, 5.74) is -0.489. The van der Waals surface area contributed by atoms with Gasteiger partial charge in [-0.3, -0.25) is 4.79 Å². The molecule has 110 valence electrons. The van der Waals surface area contributed by atoms with Crippen LogP contribution < -0.4 is 0 Å². The zero-order valence-corrected chi connectivity index (χ0v) is 12.3. The molecular weight excluding hydrogens is 246 g/mol. The minimum Gasteiger partial charge on any atom is -0.480 e. The monoisotopic (exact) mass is 271 g/mol. The molecule has 0 aliphatic carbocycles. The summed E-state index contributed by atoms with van der Waals surface area (Å²) in [6, 6.07) is -0.175. The lowest BCUT2D eigenvalue weighted by molar-refractivity contribution is -0.138. The van der Waals surface area contributed by atoms with Crippen molar-refractivity contribution in [2.45, 2.75) is 33.2 Å². The van der Waals surface area contributed by atoms with Gasteiger partial charge in [-0.05, 0) is 27.3 Å². The maximum atomic E-state index is 12.4. The van der Waals surface area contributed by atoms with Crippen LogP contribution in [0.15, 0.2) is 0 Å². The number of nitrogens with zero attached hydrogens (tertiary/aromatic N) is 3. The van der Waals surface area contributed by atoms with E-state index in [1.807, 2.05) is 20.8 Å². The summed E-state index contributed by atoms with van der Waals surface area (Å²) in [6.07, 6.45) is 0. The molecule has 1 saturated heterocycles. The Labute approximate surface area is 115 Å². The van der Waals surface area contributed by atoms with Crippen molar-refractivity contribution in [2.75, 3.05) is 39.3 Å². The standard InChI is InChI=1S/C13H25N3O3/c1-5-14-6-8-15(9-7-14)12(19)16(10-11(17)18)13(2,3)4/h5-10H2,1-4H3,(H,17,18). The number of carbonyl (C=O) groups excluding carboxylic acids is 1. The molecule has 6 heteroatoms. The second-order valence-electron chi connectivity index (χ2n) is 5.85. The van der Waals surface area contributed by atoms with Crippen molar-refractivity contribution in [2.24, 2.45) is 0 Å². The summed E-state index contributed by atoms with van der Waals surface area (Å²) >= 11 is 0. The number of urea groups is 1. The zero-order chi connectivity index (χ0) is 14.6. The molecule has 1 heterocycles. The van der Waals surface area contributed by atoms with Gasteiger partial charge in [0.15, 0.2) is 0 Å². The van der Waals surface area contributed by atoms with Crippen LogP contribution in [0.3, 0.4) is 0 Å². The van der Waals surface area contributed by atoms with Gasteiger partial charge in [-0.1, -0.05) is 6.92 Å². The van der Waals surface area contributed by atoms with Crippen LogP contribution in [0.1, 0.15) is 27.7 Å². The molecule has 1 fully saturated rings. The summed E-state index contributed by atoms with van der Waals surface area (Å²) in [4.78, 5) is 28.8. The number of carboxylic acids is 1. The minimum atomic E-state index is -0.976. The lowest BCUT2D eigenvalue weighted by Crippen LogP contribution is -2.57. The minimum absolute atomic E-state index is 0.175. The van der Waals surface area contributed by atoms with E-state index >= 15 is 0 Å². The molecule has 1 N–H and O–H groups in total. The second kappa shape index (κ2) is 6.23. The van der Waals surface area contributed by atoms with E-state index in [4.69, 9.17) is 5.11 Å². The lowest BCUT2D eigenvalue weighted by atomic mass is 10.1. The highest BCUT2D eigenvalue weighted by atomic mass is 16.4. The molecule has 0 saturated carbocycles. The number of rotatable bonds is 3. The van der Waals surface area contributed by atoms with Crippen molar-refractivity contribution in [3.63, 3.8) is 0 Å². The second-order valence-corrected chi connectivity index (χ2v) is 5.85. The number of hydrogen-bond acceptors (Lipinski definition) is 3. The molecule has 0 radical (unpaired) electrons. The van der Waals surface area contributed by atoms with E-state index in [-0.39, 0.29) is 12.6 Å². The Hall–Kier alpha value is -1.30. The van der Waals surface area contributed by atoms with Crippen LogP contribution in [0.2, 0.25) is 0 Å². The van der Waals surface area contributed by atoms with Crippen LogP contribution >= 0.6 is 0 Å². The van der Waals surface area contributed by atoms with E-state index in [9.17, 15) is 9.59 Å². The van der Waals surface area contributed by atoms with Crippen LogP contribution in [0.25, 0.3) is 0 Å². The first kappa shape index (κ1) is 15.8. The Morgan fingerprint density at radius 3 is 2.05 bits per heavy atom. The molecule has 1 rings (SSSR count). The largest absolute Gasteiger partial charge is 0.480 e. The van der Waals surface area contributed by atoms with E-state index in [2.05, 4.69) is 11.8 Å². The van der Waals surface area contributed by atoms with Gasteiger partial charge in [0.05, 0.1) is 0 Å². The van der Waals surface area contributed by atoms with E-state index in [1.165, 1.54) is 4.90 Å². The Kier molecular flexibility index (Phi) is 5.17. The first-order valence-corrected chi connectivity index (χ1v) is 6.76. The highest BCUT2D eigenvalue weighted by molar-refractivity contribution is 5.81. The third-order valence-electron chi connectivity index (χ3n) is 3.42. The maximum absolute atomic E-state index is 12.4. The Morgan fingerprint density at radius 1 is 1.16 bits per heavy atom. The topological polar surface area (TPSA) is 64.1 Å². The Morgan fingerprint density at radius 2 is 1.68 bits per heavy atom. The van der Waals surface area contributed by atoms with Crippen LogP contribution in [0.5, 0.6) is 0 Å². The molecule has 0 bridgehead atoms. The van der Waals surface area contributed by atoms with Gasteiger partial charge in [-0.15, -0.1) is 0 Å². The molecule has 0 spiro atoms. The van der Waals surface area contributed by atoms with E-state index in [0.717, 1.165) is 19.6 Å². The summed E-state index contributed by atoms with van der Waals surface area (Å²) < 4.78 is 0. The third kappa shape index (κ3) is 4.38. The third-order valence-corrected chi connectivity index (χ3v) is 3.42. The highest BCUT2D eigenvalue weighted by Crippen LogP contribution is 2.16. The Balaban J connectivity index is 2.70. The van der Waals surface area contributed by atoms with Gasteiger partial charge >= 0.3 is 12.0 Å². The fourth-order valence-electron chi connectivity index (χ4n) is 2.15. The first-order chi connectivity index (χ1) is 8.75. The number of piperazine rings is 1.